The third-order valence-corrected chi connectivity index (χ3v) is 1.04. The van der Waals surface area contributed by atoms with E-state index >= 15 is 0 Å². The molecule has 0 saturated heterocycles. The van der Waals surface area contributed by atoms with E-state index in [1.165, 1.54) is 0 Å². The third-order valence-electron chi connectivity index (χ3n) is 1.04. The largest absolute Gasteiger partial charge is 0.516 e. The fraction of sp³-hybridized carbons (Fsp3) is 0.714. The van der Waals surface area contributed by atoms with E-state index in [9.17, 15) is 9.59 Å². The van der Waals surface area contributed by atoms with Gasteiger partial charge in [-0.2, -0.15) is 0 Å². The SMILES string of the molecule is CCOC(=O)OC(=O)CCCN.Cl. The van der Waals surface area contributed by atoms with Crippen molar-refractivity contribution in [3.8, 4) is 0 Å². The molecule has 0 aromatic carbocycles. The van der Waals surface area contributed by atoms with Gasteiger partial charge in [-0.1, -0.05) is 0 Å². The zero-order chi connectivity index (χ0) is 9.40. The highest BCUT2D eigenvalue weighted by molar-refractivity contribution is 5.85. The zero-order valence-corrected chi connectivity index (χ0v) is 8.26. The summed E-state index contributed by atoms with van der Waals surface area (Å²) < 4.78 is 8.62. The van der Waals surface area contributed by atoms with E-state index in [4.69, 9.17) is 5.73 Å². The molecule has 0 unspecified atom stereocenters. The molecule has 78 valence electrons. The molecule has 0 saturated carbocycles. The quantitative estimate of drug-likeness (QED) is 0.551. The number of carbonyl (C=O) groups excluding carboxylic acids is 2. The predicted octanol–water partition coefficient (Wildman–Crippen LogP) is 0.847. The predicted molar refractivity (Wildman–Crippen MR) is 48.7 cm³/mol. The molecule has 0 heterocycles. The molecule has 0 aliphatic heterocycles. The second kappa shape index (κ2) is 9.28. The highest BCUT2D eigenvalue weighted by atomic mass is 35.5. The summed E-state index contributed by atoms with van der Waals surface area (Å²) in [7, 11) is 0. The molecule has 0 fully saturated rings. The van der Waals surface area contributed by atoms with E-state index < -0.39 is 12.1 Å². The lowest BCUT2D eigenvalue weighted by Crippen LogP contribution is -2.14. The topological polar surface area (TPSA) is 78.6 Å². The smallest absolute Gasteiger partial charge is 0.434 e. The van der Waals surface area contributed by atoms with E-state index in [-0.39, 0.29) is 25.4 Å². The van der Waals surface area contributed by atoms with Gasteiger partial charge in [-0.05, 0) is 19.9 Å². The van der Waals surface area contributed by atoms with Crippen LogP contribution in [0.4, 0.5) is 4.79 Å². The van der Waals surface area contributed by atoms with Gasteiger partial charge in [0.05, 0.1) is 6.61 Å². The lowest BCUT2D eigenvalue weighted by Gasteiger charge is -2.01. The van der Waals surface area contributed by atoms with Crippen LogP contribution in [-0.4, -0.2) is 25.3 Å². The molecule has 5 nitrogen and oxygen atoms in total. The van der Waals surface area contributed by atoms with Crippen molar-refractivity contribution in [3.05, 3.63) is 0 Å². The molecule has 13 heavy (non-hydrogen) atoms. The van der Waals surface area contributed by atoms with Crippen molar-refractivity contribution in [1.82, 2.24) is 0 Å². The Morgan fingerprint density at radius 3 is 2.46 bits per heavy atom. The first kappa shape index (κ1) is 14.7. The van der Waals surface area contributed by atoms with Crippen LogP contribution in [-0.2, 0) is 14.3 Å². The van der Waals surface area contributed by atoms with Crippen LogP contribution in [0.5, 0.6) is 0 Å². The maximum atomic E-state index is 10.7. The van der Waals surface area contributed by atoms with Crippen LogP contribution in [0.25, 0.3) is 0 Å². The van der Waals surface area contributed by atoms with Gasteiger partial charge in [0.25, 0.3) is 0 Å². The summed E-state index contributed by atoms with van der Waals surface area (Å²) in [6, 6.07) is 0. The zero-order valence-electron chi connectivity index (χ0n) is 7.45. The number of hydrogen-bond donors (Lipinski definition) is 1. The van der Waals surface area contributed by atoms with E-state index in [1.807, 2.05) is 0 Å². The molecule has 6 heteroatoms. The molecule has 0 rings (SSSR count). The van der Waals surface area contributed by atoms with Crippen molar-refractivity contribution in [1.29, 1.82) is 0 Å². The molecule has 0 aromatic heterocycles. The molecule has 2 N–H and O–H groups in total. The minimum absolute atomic E-state index is 0. The fourth-order valence-corrected chi connectivity index (χ4v) is 0.538. The summed E-state index contributed by atoms with van der Waals surface area (Å²) in [5.74, 6) is -0.598. The number of hydrogen-bond acceptors (Lipinski definition) is 5. The summed E-state index contributed by atoms with van der Waals surface area (Å²) in [5.41, 5.74) is 5.14. The highest BCUT2D eigenvalue weighted by Crippen LogP contribution is 1.93. The Bertz CT molecular complexity index is 163. The van der Waals surface area contributed by atoms with Crippen LogP contribution in [0.2, 0.25) is 0 Å². The molecular weight excluding hydrogens is 198 g/mol. The third kappa shape index (κ3) is 9.10. The second-order valence-electron chi connectivity index (χ2n) is 2.05. The fourth-order valence-electron chi connectivity index (χ4n) is 0.538. The van der Waals surface area contributed by atoms with Gasteiger partial charge < -0.3 is 15.2 Å². The van der Waals surface area contributed by atoms with E-state index in [2.05, 4.69) is 9.47 Å². The Kier molecular flexibility index (Phi) is 10.5. The molecular formula is C7H14ClNO4. The van der Waals surface area contributed by atoms with Crippen LogP contribution in [0.1, 0.15) is 19.8 Å². The van der Waals surface area contributed by atoms with Crippen LogP contribution in [0.15, 0.2) is 0 Å². The maximum Gasteiger partial charge on any atom is 0.516 e. The lowest BCUT2D eigenvalue weighted by atomic mass is 10.3. The number of esters is 1. The first-order valence-corrected chi connectivity index (χ1v) is 3.78. The molecule has 0 aliphatic carbocycles. The van der Waals surface area contributed by atoms with Crippen LogP contribution < -0.4 is 5.73 Å². The van der Waals surface area contributed by atoms with Crippen molar-refractivity contribution in [3.63, 3.8) is 0 Å². The normalized spacial score (nSPS) is 8.46. The highest BCUT2D eigenvalue weighted by Gasteiger charge is 2.09. The van der Waals surface area contributed by atoms with Crippen molar-refractivity contribution in [2.75, 3.05) is 13.2 Å². The van der Waals surface area contributed by atoms with Gasteiger partial charge in [0.1, 0.15) is 0 Å². The van der Waals surface area contributed by atoms with Gasteiger partial charge in [0.2, 0.25) is 0 Å². The van der Waals surface area contributed by atoms with Crippen molar-refractivity contribution >= 4 is 24.5 Å². The summed E-state index contributed by atoms with van der Waals surface area (Å²) in [5, 5.41) is 0. The summed E-state index contributed by atoms with van der Waals surface area (Å²) in [6.07, 6.45) is -0.285. The molecule has 0 spiro atoms. The minimum atomic E-state index is -0.945. The number of halogens is 1. The van der Waals surface area contributed by atoms with Gasteiger partial charge in [-0.3, -0.25) is 4.79 Å². The van der Waals surface area contributed by atoms with Gasteiger partial charge in [0, 0.05) is 6.42 Å². The van der Waals surface area contributed by atoms with Crippen LogP contribution in [0.3, 0.4) is 0 Å². The molecule has 0 amide bonds. The van der Waals surface area contributed by atoms with E-state index in [0.717, 1.165) is 0 Å². The second-order valence-corrected chi connectivity index (χ2v) is 2.05. The van der Waals surface area contributed by atoms with Gasteiger partial charge in [-0.25, -0.2) is 4.79 Å². The van der Waals surface area contributed by atoms with Gasteiger partial charge in [-0.15, -0.1) is 12.4 Å². The van der Waals surface area contributed by atoms with Crippen molar-refractivity contribution in [2.45, 2.75) is 19.8 Å². The number of nitrogens with two attached hydrogens (primary N) is 1. The van der Waals surface area contributed by atoms with Gasteiger partial charge in [0.15, 0.2) is 0 Å². The lowest BCUT2D eigenvalue weighted by molar-refractivity contribution is -0.139. The molecule has 0 atom stereocenters. The Morgan fingerprint density at radius 2 is 2.00 bits per heavy atom. The first-order valence-electron chi connectivity index (χ1n) is 3.78. The van der Waals surface area contributed by atoms with E-state index in [1.54, 1.807) is 6.92 Å². The molecule has 0 aliphatic rings. The van der Waals surface area contributed by atoms with Crippen molar-refractivity contribution in [2.24, 2.45) is 5.73 Å². The summed E-state index contributed by atoms with van der Waals surface area (Å²) in [4.78, 5) is 21.2. The average Bonchev–Trinajstić information content (AvgIpc) is 2.01. The van der Waals surface area contributed by atoms with Gasteiger partial charge >= 0.3 is 12.1 Å². The van der Waals surface area contributed by atoms with E-state index in [0.29, 0.717) is 13.0 Å². The monoisotopic (exact) mass is 211 g/mol. The molecule has 0 aromatic rings. The average molecular weight is 212 g/mol. The van der Waals surface area contributed by atoms with Crippen LogP contribution in [0, 0.1) is 0 Å². The van der Waals surface area contributed by atoms with Crippen molar-refractivity contribution < 1.29 is 19.1 Å². The summed E-state index contributed by atoms with van der Waals surface area (Å²) in [6.45, 7) is 2.23. The molecule has 0 bridgehead atoms. The minimum Gasteiger partial charge on any atom is -0.434 e. The summed E-state index contributed by atoms with van der Waals surface area (Å²) >= 11 is 0. The number of rotatable bonds is 4. The molecule has 0 radical (unpaired) electrons. The number of carbonyl (C=O) groups is 2. The Labute approximate surface area is 83.0 Å². The Morgan fingerprint density at radius 1 is 1.38 bits per heavy atom. The maximum absolute atomic E-state index is 10.7. The Hall–Kier alpha value is -0.810. The standard InChI is InChI=1S/C7H13NO4.ClH/c1-2-11-7(10)12-6(9)4-3-5-8;/h2-5,8H2,1H3;1H. The first-order chi connectivity index (χ1) is 5.70. The van der Waals surface area contributed by atoms with Crippen LogP contribution >= 0.6 is 12.4 Å². The Balaban J connectivity index is 0. The number of ether oxygens (including phenoxy) is 2.